The maximum Gasteiger partial charge on any atom is 0.341 e. The van der Waals surface area contributed by atoms with Gasteiger partial charge in [-0.2, -0.15) is 0 Å². The van der Waals surface area contributed by atoms with Crippen LogP contribution in [0.2, 0.25) is 0 Å². The van der Waals surface area contributed by atoms with E-state index in [0.29, 0.717) is 29.0 Å². The number of ether oxygens (including phenoxy) is 2. The predicted octanol–water partition coefficient (Wildman–Crippen LogP) is 4.56. The van der Waals surface area contributed by atoms with Crippen molar-refractivity contribution >= 4 is 49.8 Å². The number of carbonyl (C=O) groups excluding carboxylic acids is 2. The molecule has 5 rings (SSSR count). The van der Waals surface area contributed by atoms with Gasteiger partial charge in [-0.05, 0) is 62.5 Å². The molecule has 3 aromatic heterocycles. The van der Waals surface area contributed by atoms with E-state index >= 15 is 0 Å². The van der Waals surface area contributed by atoms with E-state index in [4.69, 9.17) is 9.47 Å². The number of nitrogens with zero attached hydrogens (tertiary/aromatic N) is 2. The Hall–Kier alpha value is -2.52. The summed E-state index contributed by atoms with van der Waals surface area (Å²) in [7, 11) is 0. The van der Waals surface area contributed by atoms with Crippen molar-refractivity contribution < 1.29 is 19.1 Å². The topological polar surface area (TPSA) is 90.4 Å². The lowest BCUT2D eigenvalue weighted by molar-refractivity contribution is -0.118. The molecule has 2 aliphatic rings. The number of carbonyl (C=O) groups is 2. The van der Waals surface area contributed by atoms with Gasteiger partial charge in [0.2, 0.25) is 5.88 Å². The minimum Gasteiger partial charge on any atom is -0.467 e. The maximum atomic E-state index is 12.7. The van der Waals surface area contributed by atoms with Crippen molar-refractivity contribution in [1.82, 2.24) is 9.97 Å². The van der Waals surface area contributed by atoms with Gasteiger partial charge in [0.25, 0.3) is 5.91 Å². The quantitative estimate of drug-likeness (QED) is 0.530. The van der Waals surface area contributed by atoms with Crippen LogP contribution in [0.4, 0.5) is 5.00 Å². The number of fused-ring (bicyclic) bond motifs is 4. The van der Waals surface area contributed by atoms with E-state index < -0.39 is 0 Å². The lowest BCUT2D eigenvalue weighted by Gasteiger charge is -2.18. The molecular weight excluding hydrogens is 446 g/mol. The first kappa shape index (κ1) is 21.3. The Kier molecular flexibility index (Phi) is 5.86. The molecule has 0 bridgehead atoms. The third kappa shape index (κ3) is 3.88. The summed E-state index contributed by atoms with van der Waals surface area (Å²) in [4.78, 5) is 37.4. The van der Waals surface area contributed by atoms with Crippen LogP contribution >= 0.6 is 22.7 Å². The molecule has 1 amide bonds. The SMILES string of the molecule is CCOC(=O)c1c(NC(=O)COc2ncnc3sc4c(c23)CC[C@@H](C)C4)sc2c1CCC2. The number of anilines is 1. The molecule has 0 saturated carbocycles. The third-order valence-corrected chi connectivity index (χ3v) is 8.42. The van der Waals surface area contributed by atoms with E-state index in [1.807, 2.05) is 0 Å². The van der Waals surface area contributed by atoms with Crippen LogP contribution in [0, 0.1) is 5.92 Å². The van der Waals surface area contributed by atoms with Crippen molar-refractivity contribution in [3.63, 3.8) is 0 Å². The first-order valence-corrected chi connectivity index (χ1v) is 12.7. The van der Waals surface area contributed by atoms with Crippen molar-refractivity contribution in [2.45, 2.75) is 52.4 Å². The molecule has 0 unspecified atom stereocenters. The molecule has 0 saturated heterocycles. The number of aromatic nitrogens is 2. The van der Waals surface area contributed by atoms with Gasteiger partial charge in [-0.15, -0.1) is 22.7 Å². The molecule has 7 nitrogen and oxygen atoms in total. The summed E-state index contributed by atoms with van der Waals surface area (Å²) < 4.78 is 11.1. The van der Waals surface area contributed by atoms with Gasteiger partial charge in [-0.1, -0.05) is 6.92 Å². The largest absolute Gasteiger partial charge is 0.467 e. The summed E-state index contributed by atoms with van der Waals surface area (Å²) in [5, 5.41) is 4.36. The van der Waals surface area contributed by atoms with Crippen LogP contribution in [0.5, 0.6) is 5.88 Å². The number of thiophene rings is 2. The number of rotatable bonds is 6. The summed E-state index contributed by atoms with van der Waals surface area (Å²) in [5.41, 5.74) is 2.78. The summed E-state index contributed by atoms with van der Waals surface area (Å²) in [5.74, 6) is 0.427. The molecule has 0 fully saturated rings. The average molecular weight is 472 g/mol. The van der Waals surface area contributed by atoms with E-state index in [1.165, 1.54) is 28.1 Å². The summed E-state index contributed by atoms with van der Waals surface area (Å²) in [6, 6.07) is 0. The number of nitrogens with one attached hydrogen (secondary N) is 1. The molecule has 0 aromatic carbocycles. The number of hydrogen-bond donors (Lipinski definition) is 1. The number of amides is 1. The number of aryl methyl sites for hydroxylation is 2. The Balaban J connectivity index is 1.33. The molecule has 0 aliphatic heterocycles. The Morgan fingerprint density at radius 2 is 2.03 bits per heavy atom. The Morgan fingerprint density at radius 1 is 1.16 bits per heavy atom. The molecule has 0 radical (unpaired) electrons. The highest BCUT2D eigenvalue weighted by molar-refractivity contribution is 7.19. The standard InChI is InChI=1S/C23H25N3O4S2/c1-3-29-23(28)19-13-5-4-6-15(13)31-22(19)26-17(27)10-30-20-18-14-8-7-12(2)9-16(14)32-21(18)25-11-24-20/h11-12H,3-10H2,1-2H3,(H,26,27)/t12-/m1/s1. The monoisotopic (exact) mass is 471 g/mol. The molecule has 0 spiro atoms. The summed E-state index contributed by atoms with van der Waals surface area (Å²) in [6.45, 7) is 4.17. The second-order valence-corrected chi connectivity index (χ2v) is 10.5. The van der Waals surface area contributed by atoms with Crippen LogP contribution in [0.15, 0.2) is 6.33 Å². The molecular formula is C23H25N3O4S2. The normalized spacial score (nSPS) is 17.1. The van der Waals surface area contributed by atoms with Crippen molar-refractivity contribution in [2.75, 3.05) is 18.5 Å². The highest BCUT2D eigenvalue weighted by atomic mass is 32.1. The summed E-state index contributed by atoms with van der Waals surface area (Å²) in [6.07, 6.45) is 7.45. The van der Waals surface area contributed by atoms with Gasteiger partial charge in [0.15, 0.2) is 6.61 Å². The van der Waals surface area contributed by atoms with Crippen LogP contribution in [-0.4, -0.2) is 35.1 Å². The fraction of sp³-hybridized carbons (Fsp3) is 0.478. The van der Waals surface area contributed by atoms with Crippen molar-refractivity contribution in [2.24, 2.45) is 5.92 Å². The second-order valence-electron chi connectivity index (χ2n) is 8.33. The van der Waals surface area contributed by atoms with Crippen molar-refractivity contribution in [3.05, 3.63) is 32.8 Å². The Morgan fingerprint density at radius 3 is 2.88 bits per heavy atom. The fourth-order valence-electron chi connectivity index (χ4n) is 4.56. The molecule has 3 aromatic rings. The van der Waals surface area contributed by atoms with Crippen LogP contribution in [0.1, 0.15) is 57.9 Å². The Labute approximate surface area is 194 Å². The minimum absolute atomic E-state index is 0.183. The molecule has 2 aliphatic carbocycles. The second kappa shape index (κ2) is 8.78. The van der Waals surface area contributed by atoms with Gasteiger partial charge in [0, 0.05) is 9.75 Å². The lowest BCUT2D eigenvalue weighted by Crippen LogP contribution is -2.21. The number of hydrogen-bond acceptors (Lipinski definition) is 8. The van der Waals surface area contributed by atoms with Crippen molar-refractivity contribution in [1.29, 1.82) is 0 Å². The van der Waals surface area contributed by atoms with Crippen molar-refractivity contribution in [3.8, 4) is 5.88 Å². The maximum absolute atomic E-state index is 12.7. The molecule has 3 heterocycles. The third-order valence-electron chi connectivity index (χ3n) is 6.05. The highest BCUT2D eigenvalue weighted by Crippen LogP contribution is 2.41. The minimum atomic E-state index is -0.375. The van der Waals surface area contributed by atoms with E-state index in [-0.39, 0.29) is 18.5 Å². The van der Waals surface area contributed by atoms with Gasteiger partial charge in [0.05, 0.1) is 17.6 Å². The number of esters is 1. The van der Waals surface area contributed by atoms with E-state index in [0.717, 1.165) is 59.2 Å². The smallest absolute Gasteiger partial charge is 0.341 e. The van der Waals surface area contributed by atoms with Crippen LogP contribution in [0.25, 0.3) is 10.2 Å². The van der Waals surface area contributed by atoms with E-state index in [1.54, 1.807) is 18.3 Å². The van der Waals surface area contributed by atoms with Crippen LogP contribution in [0.3, 0.4) is 0 Å². The molecule has 1 N–H and O–H groups in total. The van der Waals surface area contributed by atoms with E-state index in [2.05, 4.69) is 22.2 Å². The van der Waals surface area contributed by atoms with Gasteiger partial charge in [-0.3, -0.25) is 4.79 Å². The molecule has 9 heteroatoms. The fourth-order valence-corrected chi connectivity index (χ4v) is 7.20. The summed E-state index contributed by atoms with van der Waals surface area (Å²) >= 11 is 3.16. The van der Waals surface area contributed by atoms with E-state index in [9.17, 15) is 9.59 Å². The highest BCUT2D eigenvalue weighted by Gasteiger charge is 2.29. The van der Waals surface area contributed by atoms with Gasteiger partial charge in [-0.25, -0.2) is 14.8 Å². The molecule has 168 valence electrons. The zero-order valence-electron chi connectivity index (χ0n) is 18.2. The first-order valence-electron chi connectivity index (χ1n) is 11.0. The zero-order valence-corrected chi connectivity index (χ0v) is 19.8. The molecule has 32 heavy (non-hydrogen) atoms. The van der Waals surface area contributed by atoms with Gasteiger partial charge >= 0.3 is 5.97 Å². The average Bonchev–Trinajstić information content (AvgIpc) is 3.44. The lowest BCUT2D eigenvalue weighted by atomic mass is 9.89. The van der Waals surface area contributed by atoms with Crippen LogP contribution < -0.4 is 10.1 Å². The molecule has 1 atom stereocenters. The van der Waals surface area contributed by atoms with Crippen LogP contribution in [-0.2, 0) is 35.2 Å². The zero-order chi connectivity index (χ0) is 22.2. The Bertz CT molecular complexity index is 1200. The predicted molar refractivity (Wildman–Crippen MR) is 125 cm³/mol. The van der Waals surface area contributed by atoms with Gasteiger partial charge in [0.1, 0.15) is 16.2 Å². The van der Waals surface area contributed by atoms with Gasteiger partial charge < -0.3 is 14.8 Å². The first-order chi connectivity index (χ1) is 15.5.